The molecule has 0 aromatic heterocycles. The van der Waals surface area contributed by atoms with Crippen LogP contribution in [0.2, 0.25) is 0 Å². The van der Waals surface area contributed by atoms with Crippen LogP contribution in [0.25, 0.3) is 0 Å². The lowest BCUT2D eigenvalue weighted by molar-refractivity contribution is 0.101. The fraction of sp³-hybridized carbons (Fsp3) is 0.364. The minimum atomic E-state index is -0.539. The summed E-state index contributed by atoms with van der Waals surface area (Å²) >= 11 is 1.36. The first kappa shape index (κ1) is 13.0. The van der Waals surface area contributed by atoms with E-state index >= 15 is 0 Å². The summed E-state index contributed by atoms with van der Waals surface area (Å²) in [6.07, 6.45) is 0. The highest BCUT2D eigenvalue weighted by Gasteiger charge is 2.13. The highest BCUT2D eigenvalue weighted by Crippen LogP contribution is 2.27. The van der Waals surface area contributed by atoms with Gasteiger partial charge >= 0.3 is 0 Å². The SMILES string of the molecule is CC(=O)c1cc(F)cc(CSCCO)c1O. The van der Waals surface area contributed by atoms with Crippen LogP contribution in [0.4, 0.5) is 4.39 Å². The second kappa shape index (κ2) is 5.86. The fourth-order valence-electron chi connectivity index (χ4n) is 1.28. The van der Waals surface area contributed by atoms with Crippen LogP contribution in [0.3, 0.4) is 0 Å². The molecular formula is C11H13FO3S. The molecule has 0 saturated carbocycles. The van der Waals surface area contributed by atoms with E-state index in [-0.39, 0.29) is 23.7 Å². The average molecular weight is 244 g/mol. The number of carbonyl (C=O) groups excluding carboxylic acids is 1. The fourth-order valence-corrected chi connectivity index (χ4v) is 1.99. The Morgan fingerprint density at radius 1 is 1.50 bits per heavy atom. The van der Waals surface area contributed by atoms with E-state index in [1.54, 1.807) is 0 Å². The Bertz CT molecular complexity index is 393. The van der Waals surface area contributed by atoms with Crippen LogP contribution >= 0.6 is 11.8 Å². The van der Waals surface area contributed by atoms with E-state index < -0.39 is 5.82 Å². The summed E-state index contributed by atoms with van der Waals surface area (Å²) in [5, 5.41) is 18.3. The van der Waals surface area contributed by atoms with Crippen molar-refractivity contribution in [3.05, 3.63) is 29.1 Å². The van der Waals surface area contributed by atoms with Crippen molar-refractivity contribution in [1.82, 2.24) is 0 Å². The summed E-state index contributed by atoms with van der Waals surface area (Å²) in [6, 6.07) is 2.23. The zero-order valence-electron chi connectivity index (χ0n) is 8.86. The topological polar surface area (TPSA) is 57.5 Å². The van der Waals surface area contributed by atoms with Gasteiger partial charge in [0, 0.05) is 17.1 Å². The van der Waals surface area contributed by atoms with Gasteiger partial charge in [0.05, 0.1) is 12.2 Å². The number of aliphatic hydroxyl groups excluding tert-OH is 1. The van der Waals surface area contributed by atoms with Gasteiger partial charge in [-0.25, -0.2) is 4.39 Å². The lowest BCUT2D eigenvalue weighted by atomic mass is 10.1. The van der Waals surface area contributed by atoms with Gasteiger partial charge in [0.2, 0.25) is 0 Å². The average Bonchev–Trinajstić information content (AvgIpc) is 2.22. The van der Waals surface area contributed by atoms with Gasteiger partial charge in [-0.2, -0.15) is 11.8 Å². The molecule has 1 rings (SSSR count). The Kier molecular flexibility index (Phi) is 4.76. The summed E-state index contributed by atoms with van der Waals surface area (Å²) in [4.78, 5) is 11.1. The molecule has 0 aliphatic heterocycles. The summed E-state index contributed by atoms with van der Waals surface area (Å²) in [7, 11) is 0. The van der Waals surface area contributed by atoms with Gasteiger partial charge in [0.1, 0.15) is 11.6 Å². The van der Waals surface area contributed by atoms with E-state index in [1.165, 1.54) is 24.8 Å². The number of aliphatic hydroxyl groups is 1. The highest BCUT2D eigenvalue weighted by molar-refractivity contribution is 7.98. The molecule has 0 heterocycles. The van der Waals surface area contributed by atoms with Crippen LogP contribution in [0.5, 0.6) is 5.75 Å². The maximum absolute atomic E-state index is 13.2. The Balaban J connectivity index is 2.95. The normalized spacial score (nSPS) is 10.4. The number of aromatic hydroxyl groups is 1. The molecular weight excluding hydrogens is 231 g/mol. The second-order valence-electron chi connectivity index (χ2n) is 3.29. The molecule has 0 aliphatic carbocycles. The number of carbonyl (C=O) groups is 1. The lowest BCUT2D eigenvalue weighted by Gasteiger charge is -2.08. The van der Waals surface area contributed by atoms with E-state index in [1.807, 2.05) is 0 Å². The molecule has 3 nitrogen and oxygen atoms in total. The Hall–Kier alpha value is -1.07. The van der Waals surface area contributed by atoms with Crippen LogP contribution in [-0.2, 0) is 5.75 Å². The molecule has 0 saturated heterocycles. The van der Waals surface area contributed by atoms with Gasteiger partial charge in [0.15, 0.2) is 5.78 Å². The van der Waals surface area contributed by atoms with E-state index in [0.29, 0.717) is 17.1 Å². The smallest absolute Gasteiger partial charge is 0.163 e. The predicted molar refractivity (Wildman–Crippen MR) is 61.3 cm³/mol. The van der Waals surface area contributed by atoms with Crippen molar-refractivity contribution in [3.8, 4) is 5.75 Å². The summed E-state index contributed by atoms with van der Waals surface area (Å²) in [5.41, 5.74) is 0.378. The van der Waals surface area contributed by atoms with Crippen LogP contribution < -0.4 is 0 Å². The number of thioether (sulfide) groups is 1. The van der Waals surface area contributed by atoms with Crippen molar-refractivity contribution in [2.45, 2.75) is 12.7 Å². The minimum absolute atomic E-state index is 0.000372. The van der Waals surface area contributed by atoms with Crippen LogP contribution in [-0.4, -0.2) is 28.4 Å². The monoisotopic (exact) mass is 244 g/mol. The Morgan fingerprint density at radius 3 is 2.75 bits per heavy atom. The van der Waals surface area contributed by atoms with E-state index in [4.69, 9.17) is 5.11 Å². The molecule has 0 bridgehead atoms. The number of hydrogen-bond donors (Lipinski definition) is 2. The van der Waals surface area contributed by atoms with Crippen molar-refractivity contribution >= 4 is 17.5 Å². The number of halogens is 1. The number of benzene rings is 1. The molecule has 5 heteroatoms. The lowest BCUT2D eigenvalue weighted by Crippen LogP contribution is -1.98. The van der Waals surface area contributed by atoms with Gasteiger partial charge in [-0.3, -0.25) is 4.79 Å². The van der Waals surface area contributed by atoms with Crippen molar-refractivity contribution < 1.29 is 19.4 Å². The third-order valence-electron chi connectivity index (χ3n) is 2.03. The van der Waals surface area contributed by atoms with Crippen molar-refractivity contribution in [2.24, 2.45) is 0 Å². The highest BCUT2D eigenvalue weighted by atomic mass is 32.2. The molecule has 0 unspecified atom stereocenters. The molecule has 0 amide bonds. The van der Waals surface area contributed by atoms with Crippen LogP contribution in [0.1, 0.15) is 22.8 Å². The molecule has 0 aliphatic rings. The van der Waals surface area contributed by atoms with Crippen molar-refractivity contribution in [2.75, 3.05) is 12.4 Å². The number of phenols is 1. The van der Waals surface area contributed by atoms with E-state index in [9.17, 15) is 14.3 Å². The number of phenolic OH excluding ortho intramolecular Hbond substituents is 1. The second-order valence-corrected chi connectivity index (χ2v) is 4.40. The molecule has 1 aromatic rings. The zero-order chi connectivity index (χ0) is 12.1. The van der Waals surface area contributed by atoms with Gasteiger partial charge in [-0.15, -0.1) is 0 Å². The summed E-state index contributed by atoms with van der Waals surface area (Å²) in [6.45, 7) is 1.31. The first-order chi connectivity index (χ1) is 7.56. The molecule has 0 spiro atoms. The Labute approximate surface area is 97.3 Å². The predicted octanol–water partition coefficient (Wildman–Crippen LogP) is 1.96. The first-order valence-corrected chi connectivity index (χ1v) is 5.92. The van der Waals surface area contributed by atoms with Gasteiger partial charge < -0.3 is 10.2 Å². The third kappa shape index (κ3) is 3.21. The number of Topliss-reactive ketones (excluding diaryl/α,β-unsaturated/α-hetero) is 1. The number of hydrogen-bond acceptors (Lipinski definition) is 4. The quantitative estimate of drug-likeness (QED) is 0.614. The van der Waals surface area contributed by atoms with Crippen molar-refractivity contribution in [3.63, 3.8) is 0 Å². The number of ketones is 1. The van der Waals surface area contributed by atoms with Crippen molar-refractivity contribution in [1.29, 1.82) is 0 Å². The maximum atomic E-state index is 13.2. The summed E-state index contributed by atoms with van der Waals surface area (Å²) < 4.78 is 13.2. The minimum Gasteiger partial charge on any atom is -0.507 e. The van der Waals surface area contributed by atoms with E-state index in [2.05, 4.69) is 0 Å². The van der Waals surface area contributed by atoms with Gasteiger partial charge in [0.25, 0.3) is 0 Å². The van der Waals surface area contributed by atoms with E-state index in [0.717, 1.165) is 6.07 Å². The molecule has 0 atom stereocenters. The number of rotatable bonds is 5. The molecule has 88 valence electrons. The molecule has 0 radical (unpaired) electrons. The largest absolute Gasteiger partial charge is 0.507 e. The first-order valence-electron chi connectivity index (χ1n) is 4.77. The van der Waals surface area contributed by atoms with Crippen LogP contribution in [0.15, 0.2) is 12.1 Å². The molecule has 0 fully saturated rings. The molecule has 16 heavy (non-hydrogen) atoms. The summed E-state index contributed by atoms with van der Waals surface area (Å²) in [5.74, 6) is -0.206. The van der Waals surface area contributed by atoms with Gasteiger partial charge in [-0.1, -0.05) is 0 Å². The zero-order valence-corrected chi connectivity index (χ0v) is 9.68. The molecule has 2 N–H and O–H groups in total. The van der Waals surface area contributed by atoms with Gasteiger partial charge in [-0.05, 0) is 19.1 Å². The third-order valence-corrected chi connectivity index (χ3v) is 3.01. The maximum Gasteiger partial charge on any atom is 0.163 e. The van der Waals surface area contributed by atoms with Crippen LogP contribution in [0, 0.1) is 5.82 Å². The molecule has 1 aromatic carbocycles. The standard InChI is InChI=1S/C11H13FO3S/c1-7(14)10-5-9(12)4-8(11(10)15)6-16-3-2-13/h4-5,13,15H,2-3,6H2,1H3. The Morgan fingerprint density at radius 2 is 2.19 bits per heavy atom.